The van der Waals surface area contributed by atoms with E-state index in [1.807, 2.05) is 35.7 Å². The Balaban J connectivity index is 1.52. The topological polar surface area (TPSA) is 80.5 Å². The summed E-state index contributed by atoms with van der Waals surface area (Å²) in [6.45, 7) is 2.15. The molecule has 0 saturated heterocycles. The Morgan fingerprint density at radius 3 is 2.80 bits per heavy atom. The lowest BCUT2D eigenvalue weighted by molar-refractivity contribution is -0.137. The van der Waals surface area contributed by atoms with Crippen LogP contribution >= 0.6 is 0 Å². The van der Waals surface area contributed by atoms with Crippen LogP contribution in [0, 0.1) is 0 Å². The lowest BCUT2D eigenvalue weighted by atomic mass is 10.1. The van der Waals surface area contributed by atoms with Crippen molar-refractivity contribution in [1.29, 1.82) is 0 Å². The van der Waals surface area contributed by atoms with E-state index in [9.17, 15) is 18.0 Å². The molecule has 0 aliphatic carbocycles. The summed E-state index contributed by atoms with van der Waals surface area (Å²) >= 11 is 0. The first kappa shape index (κ1) is 21.4. The highest BCUT2D eigenvalue weighted by atomic mass is 19.4. The first-order chi connectivity index (χ1) is 14.4. The van der Waals surface area contributed by atoms with Crippen molar-refractivity contribution < 1.29 is 22.7 Å². The van der Waals surface area contributed by atoms with Gasteiger partial charge in [0.25, 0.3) is 0 Å². The van der Waals surface area contributed by atoms with Crippen LogP contribution in [0.3, 0.4) is 0 Å². The van der Waals surface area contributed by atoms with Crippen molar-refractivity contribution in [2.24, 2.45) is 0 Å². The molecule has 3 rings (SSSR count). The fourth-order valence-corrected chi connectivity index (χ4v) is 2.96. The van der Waals surface area contributed by atoms with Crippen LogP contribution in [-0.2, 0) is 6.18 Å². The molecule has 2 N–H and O–H groups in total. The number of nitrogens with one attached hydrogen (secondary N) is 2. The summed E-state index contributed by atoms with van der Waals surface area (Å²) in [5.41, 5.74) is -0.0982. The number of rotatable bonds is 8. The number of pyridine rings is 1. The number of carbonyl (C=O) groups is 1. The van der Waals surface area contributed by atoms with Crippen LogP contribution in [0.1, 0.15) is 37.2 Å². The van der Waals surface area contributed by atoms with Crippen molar-refractivity contribution in [1.82, 2.24) is 25.2 Å². The molecule has 0 radical (unpaired) electrons. The third-order valence-corrected chi connectivity index (χ3v) is 4.35. The average Bonchev–Trinajstić information content (AvgIpc) is 3.15. The summed E-state index contributed by atoms with van der Waals surface area (Å²) in [4.78, 5) is 12.3. The number of alkyl halides is 3. The Morgan fingerprint density at radius 1 is 1.20 bits per heavy atom. The number of amides is 2. The Bertz CT molecular complexity index is 990. The molecule has 0 aliphatic rings. The van der Waals surface area contributed by atoms with Crippen LogP contribution in [0.5, 0.6) is 5.75 Å². The highest BCUT2D eigenvalue weighted by Gasteiger charge is 2.30. The Morgan fingerprint density at radius 2 is 2.03 bits per heavy atom. The van der Waals surface area contributed by atoms with E-state index >= 15 is 0 Å². The van der Waals surface area contributed by atoms with Gasteiger partial charge in [-0.15, -0.1) is 10.2 Å². The van der Waals surface area contributed by atoms with E-state index in [0.29, 0.717) is 17.9 Å². The van der Waals surface area contributed by atoms with Crippen LogP contribution in [0.2, 0.25) is 0 Å². The second kappa shape index (κ2) is 9.47. The highest BCUT2D eigenvalue weighted by Crippen LogP contribution is 2.31. The number of aromatic nitrogens is 3. The van der Waals surface area contributed by atoms with Crippen molar-refractivity contribution in [3.8, 4) is 5.75 Å². The van der Waals surface area contributed by atoms with Gasteiger partial charge in [-0.25, -0.2) is 4.79 Å². The Labute approximate surface area is 171 Å². The number of hydrogen-bond donors (Lipinski definition) is 2. The summed E-state index contributed by atoms with van der Waals surface area (Å²) in [6, 6.07) is 9.38. The molecule has 0 saturated carbocycles. The normalized spacial score (nSPS) is 12.5. The van der Waals surface area contributed by atoms with Crippen LogP contribution in [0.15, 0.2) is 48.7 Å². The number of nitrogens with zero attached hydrogens (tertiary/aromatic N) is 3. The summed E-state index contributed by atoms with van der Waals surface area (Å²) in [5.74, 6) is 0.716. The maximum atomic E-state index is 12.7. The van der Waals surface area contributed by atoms with Crippen LogP contribution in [0.4, 0.5) is 18.0 Å². The fraction of sp³-hybridized carbons (Fsp3) is 0.350. The van der Waals surface area contributed by atoms with E-state index in [4.69, 9.17) is 4.74 Å². The van der Waals surface area contributed by atoms with Crippen molar-refractivity contribution in [2.45, 2.75) is 32.0 Å². The van der Waals surface area contributed by atoms with Crippen molar-refractivity contribution in [3.63, 3.8) is 0 Å². The van der Waals surface area contributed by atoms with Crippen LogP contribution < -0.4 is 15.4 Å². The molecule has 7 nitrogen and oxygen atoms in total. The number of benzene rings is 1. The fourth-order valence-electron chi connectivity index (χ4n) is 2.96. The summed E-state index contributed by atoms with van der Waals surface area (Å²) in [7, 11) is 0. The standard InChI is InChI=1S/C20H22F3N5O2/c1-2-6-16(18-27-26-17-9-3-4-11-28(17)18)25-19(29)24-10-12-30-15-8-5-7-14(13-15)20(21,22)23/h3-5,7-9,11,13,16H,2,6,10,12H2,1H3,(H2,24,25,29). The zero-order valence-electron chi connectivity index (χ0n) is 16.3. The number of hydrogen-bond acceptors (Lipinski definition) is 4. The molecular weight excluding hydrogens is 399 g/mol. The van der Waals surface area contributed by atoms with Crippen molar-refractivity contribution in [2.75, 3.05) is 13.2 Å². The van der Waals surface area contributed by atoms with Gasteiger partial charge < -0.3 is 15.4 Å². The lowest BCUT2D eigenvalue weighted by Gasteiger charge is -2.17. The number of ether oxygens (including phenoxy) is 1. The van der Waals surface area contributed by atoms with Crippen LogP contribution in [0.25, 0.3) is 5.65 Å². The predicted octanol–water partition coefficient (Wildman–Crippen LogP) is 3.97. The zero-order chi connectivity index (χ0) is 21.6. The van der Waals surface area contributed by atoms with Gasteiger partial charge in [0.1, 0.15) is 12.4 Å². The maximum Gasteiger partial charge on any atom is 0.416 e. The molecule has 3 aromatic rings. The van der Waals surface area contributed by atoms with Gasteiger partial charge in [-0.3, -0.25) is 4.40 Å². The van der Waals surface area contributed by atoms with E-state index in [1.165, 1.54) is 12.1 Å². The first-order valence-corrected chi connectivity index (χ1v) is 9.52. The van der Waals surface area contributed by atoms with E-state index < -0.39 is 17.8 Å². The molecule has 0 spiro atoms. The van der Waals surface area contributed by atoms with Gasteiger partial charge in [0.05, 0.1) is 18.2 Å². The molecule has 0 fully saturated rings. The van der Waals surface area contributed by atoms with E-state index in [1.54, 1.807) is 0 Å². The quantitative estimate of drug-likeness (QED) is 0.540. The van der Waals surface area contributed by atoms with Crippen molar-refractivity contribution in [3.05, 3.63) is 60.0 Å². The molecule has 2 aromatic heterocycles. The summed E-state index contributed by atoms with van der Waals surface area (Å²) in [5, 5.41) is 13.8. The molecule has 160 valence electrons. The molecule has 2 heterocycles. The SMILES string of the molecule is CCCC(NC(=O)NCCOc1cccc(C(F)(F)F)c1)c1nnc2ccccn12. The smallest absolute Gasteiger partial charge is 0.416 e. The lowest BCUT2D eigenvalue weighted by Crippen LogP contribution is -2.40. The Kier molecular flexibility index (Phi) is 6.76. The van der Waals surface area contributed by atoms with Gasteiger partial charge >= 0.3 is 12.2 Å². The first-order valence-electron chi connectivity index (χ1n) is 9.52. The minimum absolute atomic E-state index is 0.0288. The largest absolute Gasteiger partial charge is 0.492 e. The van der Waals surface area contributed by atoms with Crippen molar-refractivity contribution >= 4 is 11.7 Å². The maximum absolute atomic E-state index is 12.7. The minimum Gasteiger partial charge on any atom is -0.492 e. The van der Waals surface area contributed by atoms with Gasteiger partial charge in [0.15, 0.2) is 11.5 Å². The van der Waals surface area contributed by atoms with Gasteiger partial charge in [0, 0.05) is 6.20 Å². The minimum atomic E-state index is -4.43. The van der Waals surface area contributed by atoms with E-state index in [0.717, 1.165) is 18.6 Å². The van der Waals surface area contributed by atoms with Gasteiger partial charge in [0.2, 0.25) is 0 Å². The molecule has 1 unspecified atom stereocenters. The summed E-state index contributed by atoms with van der Waals surface area (Å²) in [6.07, 6.45) is -1.11. The molecule has 10 heteroatoms. The molecule has 2 amide bonds. The molecule has 0 aliphatic heterocycles. The summed E-state index contributed by atoms with van der Waals surface area (Å²) < 4.78 is 45.3. The van der Waals surface area contributed by atoms with Gasteiger partial charge in [-0.1, -0.05) is 25.5 Å². The monoisotopic (exact) mass is 421 g/mol. The Hall–Kier alpha value is -3.30. The highest BCUT2D eigenvalue weighted by molar-refractivity contribution is 5.74. The van der Waals surface area contributed by atoms with Crippen LogP contribution in [-0.4, -0.2) is 33.8 Å². The third kappa shape index (κ3) is 5.40. The molecule has 1 aromatic carbocycles. The second-order valence-electron chi connectivity index (χ2n) is 6.60. The van der Waals surface area contributed by atoms with Gasteiger partial charge in [-0.05, 0) is 36.8 Å². The van der Waals surface area contributed by atoms with E-state index in [2.05, 4.69) is 20.8 Å². The number of fused-ring (bicyclic) bond motifs is 1. The molecule has 30 heavy (non-hydrogen) atoms. The van der Waals surface area contributed by atoms with E-state index in [-0.39, 0.29) is 24.9 Å². The predicted molar refractivity (Wildman–Crippen MR) is 104 cm³/mol. The second-order valence-corrected chi connectivity index (χ2v) is 6.60. The number of carbonyl (C=O) groups excluding carboxylic acids is 1. The molecule has 0 bridgehead atoms. The number of halogens is 3. The zero-order valence-corrected chi connectivity index (χ0v) is 16.3. The van der Waals surface area contributed by atoms with Gasteiger partial charge in [-0.2, -0.15) is 13.2 Å². The number of urea groups is 1. The average molecular weight is 421 g/mol. The third-order valence-electron chi connectivity index (χ3n) is 4.35. The molecular formula is C20H22F3N5O2. The molecule has 1 atom stereocenters.